The molecule has 0 saturated carbocycles. The van der Waals surface area contributed by atoms with Gasteiger partial charge in [0.05, 0.1) is 13.2 Å². The van der Waals surface area contributed by atoms with E-state index in [1.165, 1.54) is 0 Å². The van der Waals surface area contributed by atoms with Crippen LogP contribution in [0.1, 0.15) is 27.7 Å². The first-order valence-corrected chi connectivity index (χ1v) is 6.15. The van der Waals surface area contributed by atoms with E-state index < -0.39 is 11.6 Å². The molecule has 0 N–H and O–H groups in total. The van der Waals surface area contributed by atoms with Crippen LogP contribution in [0.4, 0.5) is 0 Å². The van der Waals surface area contributed by atoms with Gasteiger partial charge in [-0.3, -0.25) is 0 Å². The van der Waals surface area contributed by atoms with Crippen LogP contribution in [-0.4, -0.2) is 49.2 Å². The van der Waals surface area contributed by atoms with E-state index >= 15 is 0 Å². The molecule has 0 aliphatic carbocycles. The molecule has 98 valence electrons. The lowest BCUT2D eigenvalue weighted by molar-refractivity contribution is -0.195. The fourth-order valence-electron chi connectivity index (χ4n) is 2.77. The summed E-state index contributed by atoms with van der Waals surface area (Å²) in [4.78, 5) is 0. The zero-order valence-electron chi connectivity index (χ0n) is 10.8. The monoisotopic (exact) mass is 244 g/mol. The number of fused-ring (bicyclic) bond motifs is 1. The van der Waals surface area contributed by atoms with Crippen molar-refractivity contribution in [3.8, 4) is 0 Å². The Morgan fingerprint density at radius 1 is 0.765 bits per heavy atom. The van der Waals surface area contributed by atoms with E-state index in [4.69, 9.17) is 23.7 Å². The number of hydrogen-bond acceptors (Lipinski definition) is 5. The van der Waals surface area contributed by atoms with Crippen molar-refractivity contribution in [2.24, 2.45) is 0 Å². The first-order chi connectivity index (χ1) is 7.86. The van der Waals surface area contributed by atoms with Crippen LogP contribution in [-0.2, 0) is 23.7 Å². The quantitative estimate of drug-likeness (QED) is 0.690. The van der Waals surface area contributed by atoms with E-state index in [0.29, 0.717) is 13.2 Å². The molecular weight excluding hydrogens is 224 g/mol. The maximum atomic E-state index is 5.88. The summed E-state index contributed by atoms with van der Waals surface area (Å²) in [5.74, 6) is -1.05. The molecule has 3 aliphatic heterocycles. The average molecular weight is 244 g/mol. The van der Waals surface area contributed by atoms with Crippen LogP contribution < -0.4 is 0 Å². The summed E-state index contributed by atoms with van der Waals surface area (Å²) in [6, 6.07) is 0. The fraction of sp³-hybridized carbons (Fsp3) is 1.00. The molecule has 3 fully saturated rings. The second-order valence-corrected chi connectivity index (χ2v) is 5.80. The van der Waals surface area contributed by atoms with Crippen LogP contribution in [0.5, 0.6) is 0 Å². The van der Waals surface area contributed by atoms with Crippen LogP contribution in [0.3, 0.4) is 0 Å². The third-order valence-electron chi connectivity index (χ3n) is 3.40. The smallest absolute Gasteiger partial charge is 0.164 e. The van der Waals surface area contributed by atoms with Gasteiger partial charge in [-0.25, -0.2) is 0 Å². The Kier molecular flexibility index (Phi) is 2.55. The van der Waals surface area contributed by atoms with Crippen molar-refractivity contribution in [1.82, 2.24) is 0 Å². The lowest BCUT2D eigenvalue weighted by Gasteiger charge is -2.25. The summed E-state index contributed by atoms with van der Waals surface area (Å²) in [6.45, 7) is 8.80. The Balaban J connectivity index is 1.70. The van der Waals surface area contributed by atoms with Gasteiger partial charge in [0.1, 0.15) is 24.4 Å². The SMILES string of the molecule is CC1(C)OC[C@@H]([C@@H]2OC[C@H]3OC(C)(C)O[C@H]23)O1. The summed E-state index contributed by atoms with van der Waals surface area (Å²) in [5.41, 5.74) is 0. The number of ether oxygens (including phenoxy) is 5. The molecule has 0 radical (unpaired) electrons. The Morgan fingerprint density at radius 2 is 1.41 bits per heavy atom. The molecule has 3 heterocycles. The molecule has 3 rings (SSSR count). The fourth-order valence-corrected chi connectivity index (χ4v) is 2.77. The maximum absolute atomic E-state index is 5.88. The topological polar surface area (TPSA) is 46.2 Å². The maximum Gasteiger partial charge on any atom is 0.164 e. The Morgan fingerprint density at radius 3 is 2.06 bits per heavy atom. The molecule has 0 amide bonds. The normalized spacial score (nSPS) is 47.3. The van der Waals surface area contributed by atoms with Crippen LogP contribution in [0.2, 0.25) is 0 Å². The van der Waals surface area contributed by atoms with Crippen molar-refractivity contribution in [1.29, 1.82) is 0 Å². The Labute approximate surface area is 101 Å². The highest BCUT2D eigenvalue weighted by molar-refractivity contribution is 4.97. The molecule has 4 atom stereocenters. The molecule has 0 aromatic carbocycles. The first kappa shape index (κ1) is 11.9. The van der Waals surface area contributed by atoms with Crippen molar-refractivity contribution < 1.29 is 23.7 Å². The molecule has 5 nitrogen and oxygen atoms in total. The van der Waals surface area contributed by atoms with E-state index in [0.717, 1.165) is 0 Å². The van der Waals surface area contributed by atoms with Gasteiger partial charge in [-0.15, -0.1) is 0 Å². The molecule has 0 bridgehead atoms. The third kappa shape index (κ3) is 2.11. The molecular formula is C12H20O5. The first-order valence-electron chi connectivity index (χ1n) is 6.15. The summed E-state index contributed by atoms with van der Waals surface area (Å²) < 4.78 is 28.8. The molecule has 5 heteroatoms. The van der Waals surface area contributed by atoms with E-state index in [9.17, 15) is 0 Å². The molecule has 0 unspecified atom stereocenters. The molecule has 17 heavy (non-hydrogen) atoms. The number of hydrogen-bond donors (Lipinski definition) is 0. The number of rotatable bonds is 1. The predicted molar refractivity (Wildman–Crippen MR) is 58.5 cm³/mol. The summed E-state index contributed by atoms with van der Waals surface area (Å²) in [5, 5.41) is 0. The minimum absolute atomic E-state index is 0.0160. The van der Waals surface area contributed by atoms with Crippen molar-refractivity contribution in [3.05, 3.63) is 0 Å². The zero-order valence-corrected chi connectivity index (χ0v) is 10.8. The van der Waals surface area contributed by atoms with Crippen LogP contribution in [0.25, 0.3) is 0 Å². The summed E-state index contributed by atoms with van der Waals surface area (Å²) in [6.07, 6.45) is -0.198. The van der Waals surface area contributed by atoms with Gasteiger partial charge in [0, 0.05) is 0 Å². The molecule has 0 spiro atoms. The highest BCUT2D eigenvalue weighted by Crippen LogP contribution is 2.39. The lowest BCUT2D eigenvalue weighted by atomic mass is 10.1. The van der Waals surface area contributed by atoms with Crippen LogP contribution in [0.15, 0.2) is 0 Å². The summed E-state index contributed by atoms with van der Waals surface area (Å²) >= 11 is 0. The van der Waals surface area contributed by atoms with Gasteiger partial charge in [-0.05, 0) is 27.7 Å². The Hall–Kier alpha value is -0.200. The van der Waals surface area contributed by atoms with Crippen molar-refractivity contribution in [3.63, 3.8) is 0 Å². The van der Waals surface area contributed by atoms with Crippen molar-refractivity contribution in [2.45, 2.75) is 63.7 Å². The average Bonchev–Trinajstić information content (AvgIpc) is 2.77. The minimum atomic E-state index is -0.527. The molecule has 3 saturated heterocycles. The van der Waals surface area contributed by atoms with Gasteiger partial charge < -0.3 is 23.7 Å². The molecule has 3 aliphatic rings. The van der Waals surface area contributed by atoms with E-state index in [-0.39, 0.29) is 24.4 Å². The molecule has 0 aromatic rings. The predicted octanol–water partition coefficient (Wildman–Crippen LogP) is 1.06. The van der Waals surface area contributed by atoms with Gasteiger partial charge in [-0.2, -0.15) is 0 Å². The zero-order chi connectivity index (χ0) is 12.3. The van der Waals surface area contributed by atoms with Crippen molar-refractivity contribution >= 4 is 0 Å². The minimum Gasteiger partial charge on any atom is -0.370 e. The van der Waals surface area contributed by atoms with Gasteiger partial charge in [0.15, 0.2) is 11.6 Å². The van der Waals surface area contributed by atoms with E-state index in [1.807, 2.05) is 27.7 Å². The van der Waals surface area contributed by atoms with Gasteiger partial charge >= 0.3 is 0 Å². The van der Waals surface area contributed by atoms with E-state index in [2.05, 4.69) is 0 Å². The third-order valence-corrected chi connectivity index (χ3v) is 3.40. The summed E-state index contributed by atoms with van der Waals surface area (Å²) in [7, 11) is 0. The standard InChI is InChI=1S/C12H20O5/c1-11(2)14-6-8(15-11)9-10-7(5-13-9)16-12(3,4)17-10/h7-10H,5-6H2,1-4H3/t7-,8+,9+,10+/m1/s1. The van der Waals surface area contributed by atoms with Gasteiger partial charge in [0.25, 0.3) is 0 Å². The Bertz CT molecular complexity index is 314. The highest BCUT2D eigenvalue weighted by atomic mass is 16.8. The second-order valence-electron chi connectivity index (χ2n) is 5.80. The highest BCUT2D eigenvalue weighted by Gasteiger charge is 2.54. The van der Waals surface area contributed by atoms with Crippen molar-refractivity contribution in [2.75, 3.05) is 13.2 Å². The largest absolute Gasteiger partial charge is 0.370 e. The second kappa shape index (κ2) is 3.65. The van der Waals surface area contributed by atoms with Crippen LogP contribution >= 0.6 is 0 Å². The van der Waals surface area contributed by atoms with Gasteiger partial charge in [-0.1, -0.05) is 0 Å². The molecule has 0 aromatic heterocycles. The lowest BCUT2D eigenvalue weighted by Crippen LogP contribution is -2.40. The van der Waals surface area contributed by atoms with Crippen LogP contribution in [0, 0.1) is 0 Å². The van der Waals surface area contributed by atoms with Gasteiger partial charge in [0.2, 0.25) is 0 Å². The van der Waals surface area contributed by atoms with E-state index in [1.54, 1.807) is 0 Å².